The molecule has 5 nitrogen and oxygen atoms in total. The van der Waals surface area contributed by atoms with Gasteiger partial charge in [-0.25, -0.2) is 0 Å². The molecule has 1 N–H and O–H groups in total. The maximum atomic E-state index is 12.7. The Morgan fingerprint density at radius 1 is 0.969 bits per heavy atom. The normalized spacial score (nSPS) is 16.1. The fourth-order valence-electron chi connectivity index (χ4n) is 4.42. The third kappa shape index (κ3) is 4.88. The fraction of sp³-hybridized carbons (Fsp3) is 0.346. The largest absolute Gasteiger partial charge is 0.488 e. The molecule has 1 aromatic heterocycles. The minimum absolute atomic E-state index is 0.0227. The average molecular weight is 448 g/mol. The predicted octanol–water partition coefficient (Wildman–Crippen LogP) is 4.25. The van der Waals surface area contributed by atoms with Crippen molar-refractivity contribution in [3.8, 4) is 16.2 Å². The number of rotatable bonds is 7. The van der Waals surface area contributed by atoms with E-state index in [1.807, 2.05) is 24.3 Å². The number of ether oxygens (including phenoxy) is 1. The first kappa shape index (κ1) is 21.2. The highest BCUT2D eigenvalue weighted by Crippen LogP contribution is 2.42. The first-order chi connectivity index (χ1) is 15.8. The van der Waals surface area contributed by atoms with Crippen LogP contribution in [0.1, 0.15) is 27.2 Å². The molecule has 0 spiro atoms. The van der Waals surface area contributed by atoms with Crippen molar-refractivity contribution in [1.82, 2.24) is 15.1 Å². The van der Waals surface area contributed by atoms with E-state index in [4.69, 9.17) is 4.74 Å². The molecule has 0 aliphatic carbocycles. The van der Waals surface area contributed by atoms with Gasteiger partial charge in [-0.2, -0.15) is 0 Å². The van der Waals surface area contributed by atoms with Crippen LogP contribution in [0.25, 0.3) is 10.4 Å². The number of thiophene rings is 1. The number of nitrogens with zero attached hydrogens (tertiary/aromatic N) is 2. The summed E-state index contributed by atoms with van der Waals surface area (Å²) >= 11 is 1.57. The molecule has 5 rings (SSSR count). The monoisotopic (exact) mass is 447 g/mol. The van der Waals surface area contributed by atoms with E-state index in [9.17, 15) is 4.79 Å². The Kier molecular flexibility index (Phi) is 6.53. The van der Waals surface area contributed by atoms with E-state index < -0.39 is 0 Å². The molecule has 2 aliphatic heterocycles. The summed E-state index contributed by atoms with van der Waals surface area (Å²) in [4.78, 5) is 19.6. The number of hydrogen-bond acceptors (Lipinski definition) is 5. The second-order valence-electron chi connectivity index (χ2n) is 8.46. The van der Waals surface area contributed by atoms with Gasteiger partial charge in [0, 0.05) is 55.3 Å². The number of piperazine rings is 1. The van der Waals surface area contributed by atoms with Crippen LogP contribution in [0.4, 0.5) is 0 Å². The molecule has 1 saturated heterocycles. The minimum Gasteiger partial charge on any atom is -0.488 e. The van der Waals surface area contributed by atoms with E-state index in [0.29, 0.717) is 13.2 Å². The Hall–Kier alpha value is -2.67. The van der Waals surface area contributed by atoms with Gasteiger partial charge in [0.05, 0.1) is 4.88 Å². The van der Waals surface area contributed by atoms with Crippen LogP contribution in [-0.4, -0.2) is 55.0 Å². The van der Waals surface area contributed by atoms with Crippen molar-refractivity contribution in [1.29, 1.82) is 0 Å². The van der Waals surface area contributed by atoms with Crippen LogP contribution in [0, 0.1) is 0 Å². The molecule has 0 atom stereocenters. The lowest BCUT2D eigenvalue weighted by atomic mass is 10.1. The molecular weight excluding hydrogens is 418 g/mol. The van der Waals surface area contributed by atoms with Gasteiger partial charge in [-0.3, -0.25) is 9.69 Å². The lowest BCUT2D eigenvalue weighted by Gasteiger charge is -2.34. The summed E-state index contributed by atoms with van der Waals surface area (Å²) < 4.78 is 5.82. The van der Waals surface area contributed by atoms with E-state index in [1.54, 1.807) is 11.3 Å². The summed E-state index contributed by atoms with van der Waals surface area (Å²) in [6, 6.07) is 20.7. The maximum absolute atomic E-state index is 12.7. The number of nitrogens with one attached hydrogen (secondary N) is 1. The van der Waals surface area contributed by atoms with Crippen LogP contribution < -0.4 is 10.1 Å². The molecule has 3 heterocycles. The summed E-state index contributed by atoms with van der Waals surface area (Å²) in [6.07, 6.45) is 0.974. The third-order valence-corrected chi connectivity index (χ3v) is 7.41. The Balaban J connectivity index is 1.05. The molecule has 0 unspecified atom stereocenters. The molecule has 0 saturated carbocycles. The molecule has 0 radical (unpaired) electrons. The maximum Gasteiger partial charge on any atom is 0.261 e. The van der Waals surface area contributed by atoms with Crippen molar-refractivity contribution in [2.45, 2.75) is 19.6 Å². The van der Waals surface area contributed by atoms with E-state index in [0.717, 1.165) is 72.3 Å². The summed E-state index contributed by atoms with van der Waals surface area (Å²) in [5.74, 6) is 0.923. The van der Waals surface area contributed by atoms with Crippen LogP contribution in [0.3, 0.4) is 0 Å². The zero-order valence-electron chi connectivity index (χ0n) is 18.3. The highest BCUT2D eigenvalue weighted by atomic mass is 32.1. The highest BCUT2D eigenvalue weighted by Gasteiger charge is 2.22. The second-order valence-corrected chi connectivity index (χ2v) is 9.51. The summed E-state index contributed by atoms with van der Waals surface area (Å²) in [6.45, 7) is 7.70. The van der Waals surface area contributed by atoms with Crippen LogP contribution in [-0.2, 0) is 13.2 Å². The molecule has 1 amide bonds. The quantitative estimate of drug-likeness (QED) is 0.550. The van der Waals surface area contributed by atoms with Crippen molar-refractivity contribution >= 4 is 17.2 Å². The fourth-order valence-corrected chi connectivity index (χ4v) is 5.53. The number of para-hydroxylation sites is 1. The molecule has 32 heavy (non-hydrogen) atoms. The van der Waals surface area contributed by atoms with Gasteiger partial charge >= 0.3 is 0 Å². The number of carbonyl (C=O) groups is 1. The van der Waals surface area contributed by atoms with Crippen LogP contribution in [0.2, 0.25) is 0 Å². The van der Waals surface area contributed by atoms with Crippen molar-refractivity contribution in [2.24, 2.45) is 0 Å². The van der Waals surface area contributed by atoms with Crippen molar-refractivity contribution in [3.05, 3.63) is 76.7 Å². The first-order valence-electron chi connectivity index (χ1n) is 11.4. The third-order valence-electron chi connectivity index (χ3n) is 6.20. The van der Waals surface area contributed by atoms with Crippen LogP contribution >= 0.6 is 11.3 Å². The van der Waals surface area contributed by atoms with Gasteiger partial charge in [0.1, 0.15) is 12.4 Å². The lowest BCUT2D eigenvalue weighted by molar-refractivity contribution is 0.0951. The van der Waals surface area contributed by atoms with E-state index in [2.05, 4.69) is 51.5 Å². The molecule has 6 heteroatoms. The van der Waals surface area contributed by atoms with Gasteiger partial charge in [-0.1, -0.05) is 42.5 Å². The molecule has 0 bridgehead atoms. The number of hydrogen-bond donors (Lipinski definition) is 1. The van der Waals surface area contributed by atoms with Gasteiger partial charge in [-0.05, 0) is 36.7 Å². The number of benzene rings is 2. The smallest absolute Gasteiger partial charge is 0.261 e. The summed E-state index contributed by atoms with van der Waals surface area (Å²) in [7, 11) is 0. The number of amides is 1. The average Bonchev–Trinajstić information content (AvgIpc) is 3.29. The Labute approximate surface area is 193 Å². The molecule has 166 valence electrons. The molecule has 2 aromatic carbocycles. The topological polar surface area (TPSA) is 44.8 Å². The minimum atomic E-state index is 0.0227. The highest BCUT2D eigenvalue weighted by molar-refractivity contribution is 7.17. The Morgan fingerprint density at radius 3 is 2.56 bits per heavy atom. The van der Waals surface area contributed by atoms with E-state index >= 15 is 0 Å². The van der Waals surface area contributed by atoms with Gasteiger partial charge in [0.2, 0.25) is 0 Å². The molecule has 2 aliphatic rings. The number of carbonyl (C=O) groups excluding carboxylic acids is 1. The molecule has 1 fully saturated rings. The Bertz CT molecular complexity index is 1060. The van der Waals surface area contributed by atoms with Crippen molar-refractivity contribution in [3.63, 3.8) is 0 Å². The number of fused-ring (bicyclic) bond motifs is 3. The van der Waals surface area contributed by atoms with Crippen molar-refractivity contribution in [2.75, 3.05) is 39.3 Å². The van der Waals surface area contributed by atoms with Gasteiger partial charge in [0.15, 0.2) is 0 Å². The standard InChI is InChI=1S/C26H29N3O2S/c30-26(24-17-21-19-31-23-10-5-4-9-22(23)25(21)32-24)27-11-6-12-28-13-15-29(16-14-28)18-20-7-2-1-3-8-20/h1-5,7-10,17H,6,11-16,18-19H2,(H,27,30). The second kappa shape index (κ2) is 9.86. The summed E-state index contributed by atoms with van der Waals surface area (Å²) in [5.41, 5.74) is 3.57. The zero-order valence-corrected chi connectivity index (χ0v) is 19.1. The van der Waals surface area contributed by atoms with Crippen LogP contribution in [0.5, 0.6) is 5.75 Å². The van der Waals surface area contributed by atoms with E-state index in [1.165, 1.54) is 5.56 Å². The Morgan fingerprint density at radius 2 is 1.72 bits per heavy atom. The van der Waals surface area contributed by atoms with Crippen LogP contribution in [0.15, 0.2) is 60.7 Å². The SMILES string of the molecule is O=C(NCCCN1CCN(Cc2ccccc2)CC1)c1cc2c(s1)-c1ccccc1OC2. The predicted molar refractivity (Wildman–Crippen MR) is 129 cm³/mol. The first-order valence-corrected chi connectivity index (χ1v) is 12.2. The summed E-state index contributed by atoms with van der Waals surface area (Å²) in [5, 5.41) is 3.11. The lowest BCUT2D eigenvalue weighted by Crippen LogP contribution is -2.46. The van der Waals surface area contributed by atoms with Crippen molar-refractivity contribution < 1.29 is 9.53 Å². The van der Waals surface area contributed by atoms with E-state index in [-0.39, 0.29) is 5.91 Å². The molecule has 3 aromatic rings. The molecular formula is C26H29N3O2S. The van der Waals surface area contributed by atoms with Gasteiger partial charge in [-0.15, -0.1) is 11.3 Å². The zero-order chi connectivity index (χ0) is 21.8. The van der Waals surface area contributed by atoms with Gasteiger partial charge in [0.25, 0.3) is 5.91 Å². The van der Waals surface area contributed by atoms with Gasteiger partial charge < -0.3 is 15.0 Å².